The van der Waals surface area contributed by atoms with Crippen LogP contribution in [0.5, 0.6) is 0 Å². The molecule has 100 valence electrons. The van der Waals surface area contributed by atoms with Gasteiger partial charge in [0, 0.05) is 31.3 Å². The Balaban J connectivity index is 2.07. The van der Waals surface area contributed by atoms with Crippen molar-refractivity contribution in [1.82, 2.24) is 5.32 Å². The van der Waals surface area contributed by atoms with Gasteiger partial charge in [0.2, 0.25) is 0 Å². The molecular formula is C13H17F3N2. The zero-order chi connectivity index (χ0) is 13.1. The monoisotopic (exact) mass is 258 g/mol. The summed E-state index contributed by atoms with van der Waals surface area (Å²) in [6.07, 6.45) is 1.93. The maximum absolute atomic E-state index is 13.6. The molecule has 0 aromatic heterocycles. The second kappa shape index (κ2) is 5.61. The molecule has 2 rings (SSSR count). The molecule has 0 spiro atoms. The number of hydrogen-bond acceptors (Lipinski definition) is 2. The van der Waals surface area contributed by atoms with Crippen LogP contribution in [0.25, 0.3) is 0 Å². The van der Waals surface area contributed by atoms with Crippen LogP contribution in [-0.4, -0.2) is 25.7 Å². The fraction of sp³-hybridized carbons (Fsp3) is 0.538. The molecule has 0 saturated carbocycles. The first kappa shape index (κ1) is 13.2. The van der Waals surface area contributed by atoms with Gasteiger partial charge >= 0.3 is 0 Å². The van der Waals surface area contributed by atoms with Gasteiger partial charge in [0.15, 0.2) is 11.6 Å². The maximum atomic E-state index is 13.6. The molecule has 0 radical (unpaired) electrons. The van der Waals surface area contributed by atoms with E-state index in [-0.39, 0.29) is 11.7 Å². The summed E-state index contributed by atoms with van der Waals surface area (Å²) in [6.45, 7) is 4.28. The summed E-state index contributed by atoms with van der Waals surface area (Å²) in [5.74, 6) is -2.85. The third kappa shape index (κ3) is 2.77. The van der Waals surface area contributed by atoms with E-state index in [9.17, 15) is 13.2 Å². The molecule has 0 bridgehead atoms. The van der Waals surface area contributed by atoms with Gasteiger partial charge < -0.3 is 10.2 Å². The number of benzene rings is 1. The van der Waals surface area contributed by atoms with E-state index in [2.05, 4.69) is 12.2 Å². The van der Waals surface area contributed by atoms with E-state index in [0.29, 0.717) is 19.2 Å². The van der Waals surface area contributed by atoms with Gasteiger partial charge in [-0.1, -0.05) is 6.92 Å². The van der Waals surface area contributed by atoms with Crippen molar-refractivity contribution in [3.63, 3.8) is 0 Å². The molecule has 1 saturated heterocycles. The van der Waals surface area contributed by atoms with Crippen molar-refractivity contribution in [2.24, 2.45) is 0 Å². The average Bonchev–Trinajstić information content (AvgIpc) is 2.79. The van der Waals surface area contributed by atoms with Crippen molar-refractivity contribution in [2.45, 2.75) is 25.8 Å². The van der Waals surface area contributed by atoms with Crippen LogP contribution in [-0.2, 0) is 0 Å². The Hall–Kier alpha value is -1.23. The molecule has 1 fully saturated rings. The molecule has 2 nitrogen and oxygen atoms in total. The Bertz CT molecular complexity index is 423. The standard InChI is InChI=1S/C13H17F3N2/c1-2-4-17-9-3-5-18(8-9)13-7-11(15)10(14)6-12(13)16/h6-7,9,17H,2-5,8H2,1H3. The van der Waals surface area contributed by atoms with Gasteiger partial charge in [-0.2, -0.15) is 0 Å². The molecular weight excluding hydrogens is 241 g/mol. The smallest absolute Gasteiger partial charge is 0.161 e. The lowest BCUT2D eigenvalue weighted by Crippen LogP contribution is -2.33. The van der Waals surface area contributed by atoms with Gasteiger partial charge in [-0.15, -0.1) is 0 Å². The normalized spacial score (nSPS) is 19.6. The lowest BCUT2D eigenvalue weighted by Gasteiger charge is -2.20. The summed E-state index contributed by atoms with van der Waals surface area (Å²) in [5, 5.41) is 3.34. The van der Waals surface area contributed by atoms with Gasteiger partial charge in [0.25, 0.3) is 0 Å². The Labute approximate surface area is 105 Å². The Morgan fingerprint density at radius 2 is 1.94 bits per heavy atom. The molecule has 1 unspecified atom stereocenters. The summed E-state index contributed by atoms with van der Waals surface area (Å²) in [6, 6.07) is 1.84. The SMILES string of the molecule is CCCNC1CCN(c2cc(F)c(F)cc2F)C1. The lowest BCUT2D eigenvalue weighted by molar-refractivity contribution is 0.494. The Kier molecular flexibility index (Phi) is 4.11. The predicted octanol–water partition coefficient (Wildman–Crippen LogP) is 2.68. The topological polar surface area (TPSA) is 15.3 Å². The molecule has 0 aliphatic carbocycles. The van der Waals surface area contributed by atoms with Crippen LogP contribution in [0.15, 0.2) is 12.1 Å². The minimum atomic E-state index is -1.14. The molecule has 0 amide bonds. The van der Waals surface area contributed by atoms with Crippen LogP contribution in [0.1, 0.15) is 19.8 Å². The van der Waals surface area contributed by atoms with Gasteiger partial charge in [0.05, 0.1) is 5.69 Å². The molecule has 1 aromatic carbocycles. The van der Waals surface area contributed by atoms with Crippen LogP contribution < -0.4 is 10.2 Å². The molecule has 1 aliphatic heterocycles. The second-order valence-corrected chi connectivity index (χ2v) is 4.60. The number of hydrogen-bond donors (Lipinski definition) is 1. The highest BCUT2D eigenvalue weighted by atomic mass is 19.2. The van der Waals surface area contributed by atoms with Crippen molar-refractivity contribution in [2.75, 3.05) is 24.5 Å². The Morgan fingerprint density at radius 1 is 1.22 bits per heavy atom. The van der Waals surface area contributed by atoms with E-state index < -0.39 is 17.5 Å². The van der Waals surface area contributed by atoms with E-state index in [1.807, 2.05) is 0 Å². The first-order chi connectivity index (χ1) is 8.61. The average molecular weight is 258 g/mol. The van der Waals surface area contributed by atoms with Gasteiger partial charge in [-0.25, -0.2) is 13.2 Å². The fourth-order valence-electron chi connectivity index (χ4n) is 2.25. The first-order valence-electron chi connectivity index (χ1n) is 6.24. The lowest BCUT2D eigenvalue weighted by atomic mass is 10.2. The van der Waals surface area contributed by atoms with Crippen LogP contribution in [0, 0.1) is 17.5 Å². The van der Waals surface area contributed by atoms with Crippen molar-refractivity contribution in [1.29, 1.82) is 0 Å². The number of rotatable bonds is 4. The highest BCUT2D eigenvalue weighted by molar-refractivity contribution is 5.49. The van der Waals surface area contributed by atoms with E-state index in [1.54, 1.807) is 4.90 Å². The molecule has 1 aliphatic rings. The molecule has 18 heavy (non-hydrogen) atoms. The number of anilines is 1. The van der Waals surface area contributed by atoms with E-state index in [0.717, 1.165) is 25.5 Å². The summed E-state index contributed by atoms with van der Waals surface area (Å²) in [7, 11) is 0. The summed E-state index contributed by atoms with van der Waals surface area (Å²) >= 11 is 0. The summed E-state index contributed by atoms with van der Waals surface area (Å²) in [4.78, 5) is 1.76. The third-order valence-corrected chi connectivity index (χ3v) is 3.20. The zero-order valence-corrected chi connectivity index (χ0v) is 10.3. The zero-order valence-electron chi connectivity index (χ0n) is 10.3. The molecule has 1 N–H and O–H groups in total. The quantitative estimate of drug-likeness (QED) is 0.835. The Morgan fingerprint density at radius 3 is 2.67 bits per heavy atom. The highest BCUT2D eigenvalue weighted by Gasteiger charge is 2.25. The number of halogens is 3. The van der Waals surface area contributed by atoms with Crippen LogP contribution in [0.2, 0.25) is 0 Å². The molecule has 1 heterocycles. The second-order valence-electron chi connectivity index (χ2n) is 4.60. The summed E-state index contributed by atoms with van der Waals surface area (Å²) < 4.78 is 39.6. The minimum Gasteiger partial charge on any atom is -0.367 e. The minimum absolute atomic E-state index is 0.148. The highest BCUT2D eigenvalue weighted by Crippen LogP contribution is 2.26. The molecule has 1 aromatic rings. The van der Waals surface area contributed by atoms with Crippen molar-refractivity contribution >= 4 is 5.69 Å². The number of nitrogens with one attached hydrogen (secondary N) is 1. The third-order valence-electron chi connectivity index (χ3n) is 3.20. The first-order valence-corrected chi connectivity index (χ1v) is 6.24. The van der Waals surface area contributed by atoms with E-state index in [1.165, 1.54) is 0 Å². The van der Waals surface area contributed by atoms with E-state index >= 15 is 0 Å². The number of nitrogens with zero attached hydrogens (tertiary/aromatic N) is 1. The van der Waals surface area contributed by atoms with E-state index in [4.69, 9.17) is 0 Å². The predicted molar refractivity (Wildman–Crippen MR) is 65.2 cm³/mol. The van der Waals surface area contributed by atoms with Gasteiger partial charge in [-0.05, 0) is 19.4 Å². The molecule has 1 atom stereocenters. The van der Waals surface area contributed by atoms with Crippen molar-refractivity contribution < 1.29 is 13.2 Å². The van der Waals surface area contributed by atoms with Gasteiger partial charge in [0.1, 0.15) is 5.82 Å². The van der Waals surface area contributed by atoms with Crippen LogP contribution >= 0.6 is 0 Å². The maximum Gasteiger partial charge on any atom is 0.161 e. The fourth-order valence-corrected chi connectivity index (χ4v) is 2.25. The van der Waals surface area contributed by atoms with Crippen LogP contribution in [0.4, 0.5) is 18.9 Å². The molecule has 5 heteroatoms. The van der Waals surface area contributed by atoms with Crippen molar-refractivity contribution in [3.05, 3.63) is 29.6 Å². The van der Waals surface area contributed by atoms with Gasteiger partial charge in [-0.3, -0.25) is 0 Å². The largest absolute Gasteiger partial charge is 0.367 e. The summed E-state index contributed by atoms with van der Waals surface area (Å²) in [5.41, 5.74) is 0.148. The van der Waals surface area contributed by atoms with Crippen molar-refractivity contribution in [3.8, 4) is 0 Å². The van der Waals surface area contributed by atoms with Crippen LogP contribution in [0.3, 0.4) is 0 Å².